The molecule has 0 saturated carbocycles. The Morgan fingerprint density at radius 2 is 0.933 bits per heavy atom. The second-order valence-corrected chi connectivity index (χ2v) is 6.40. The van der Waals surface area contributed by atoms with Crippen LogP contribution in [0, 0.1) is 0 Å². The quantitative estimate of drug-likeness (QED) is 0.475. The van der Waals surface area contributed by atoms with Crippen molar-refractivity contribution in [2.45, 2.75) is 0 Å². The Morgan fingerprint density at radius 1 is 0.567 bits per heavy atom. The Labute approximate surface area is 176 Å². The molecule has 0 unspecified atom stereocenters. The van der Waals surface area contributed by atoms with Crippen LogP contribution in [0.5, 0.6) is 0 Å². The van der Waals surface area contributed by atoms with Crippen molar-refractivity contribution < 1.29 is 19.1 Å². The van der Waals surface area contributed by atoms with Gasteiger partial charge in [0.2, 0.25) is 0 Å². The summed E-state index contributed by atoms with van der Waals surface area (Å²) < 4.78 is 10.4. The van der Waals surface area contributed by atoms with E-state index in [0.29, 0.717) is 11.1 Å². The third-order valence-corrected chi connectivity index (χ3v) is 4.20. The van der Waals surface area contributed by atoms with Crippen molar-refractivity contribution in [3.8, 4) is 0 Å². The van der Waals surface area contributed by atoms with Crippen LogP contribution in [0.25, 0.3) is 12.2 Å². The van der Waals surface area contributed by atoms with Gasteiger partial charge in [0, 0.05) is 0 Å². The number of rotatable bonds is 8. The first-order chi connectivity index (χ1) is 14.7. The Morgan fingerprint density at radius 3 is 1.30 bits per heavy atom. The zero-order valence-corrected chi connectivity index (χ0v) is 16.4. The first-order valence-electron chi connectivity index (χ1n) is 9.60. The van der Waals surface area contributed by atoms with E-state index in [4.69, 9.17) is 9.47 Å². The first kappa shape index (κ1) is 20.8. The second kappa shape index (κ2) is 11.2. The lowest BCUT2D eigenvalue weighted by molar-refractivity contribution is 0.0535. The molecule has 0 heterocycles. The van der Waals surface area contributed by atoms with E-state index < -0.39 is 11.9 Å². The largest absolute Gasteiger partial charge is 0.458 e. The predicted octanol–water partition coefficient (Wildman–Crippen LogP) is 5.43. The highest BCUT2D eigenvalue weighted by atomic mass is 16.5. The molecule has 0 fully saturated rings. The molecule has 0 aromatic heterocycles. The van der Waals surface area contributed by atoms with Gasteiger partial charge in [-0.05, 0) is 47.5 Å². The van der Waals surface area contributed by atoms with Gasteiger partial charge >= 0.3 is 11.9 Å². The zero-order valence-electron chi connectivity index (χ0n) is 16.4. The maximum atomic E-state index is 12.1. The molecule has 150 valence electrons. The zero-order chi connectivity index (χ0) is 21.0. The van der Waals surface area contributed by atoms with E-state index in [1.54, 1.807) is 36.4 Å². The maximum absolute atomic E-state index is 12.1. The number of carbonyl (C=O) groups is 2. The number of esters is 2. The van der Waals surface area contributed by atoms with Crippen molar-refractivity contribution in [3.05, 3.63) is 119 Å². The van der Waals surface area contributed by atoms with Gasteiger partial charge in [0.15, 0.2) is 0 Å². The van der Waals surface area contributed by atoms with Crippen LogP contribution in [-0.2, 0) is 9.47 Å². The van der Waals surface area contributed by atoms with Crippen molar-refractivity contribution in [1.29, 1.82) is 0 Å². The maximum Gasteiger partial charge on any atom is 0.338 e. The molecule has 3 rings (SSSR count). The fraction of sp³-hybridized carbons (Fsp3) is 0.0769. The van der Waals surface area contributed by atoms with Crippen LogP contribution in [0.2, 0.25) is 0 Å². The molecule has 3 aromatic carbocycles. The van der Waals surface area contributed by atoms with E-state index in [1.165, 1.54) is 0 Å². The molecule has 0 atom stereocenters. The van der Waals surface area contributed by atoms with Crippen molar-refractivity contribution in [2.75, 3.05) is 13.2 Å². The van der Waals surface area contributed by atoms with Gasteiger partial charge < -0.3 is 9.47 Å². The van der Waals surface area contributed by atoms with Crippen LogP contribution in [0.15, 0.2) is 97.1 Å². The average molecular weight is 398 g/mol. The third-order valence-electron chi connectivity index (χ3n) is 4.20. The van der Waals surface area contributed by atoms with E-state index in [-0.39, 0.29) is 13.2 Å². The summed E-state index contributed by atoms with van der Waals surface area (Å²) in [6.45, 7) is 0.344. The summed E-state index contributed by atoms with van der Waals surface area (Å²) >= 11 is 0. The van der Waals surface area contributed by atoms with E-state index in [0.717, 1.165) is 11.1 Å². The normalized spacial score (nSPS) is 10.9. The van der Waals surface area contributed by atoms with E-state index in [2.05, 4.69) is 0 Å². The SMILES string of the molecule is O=C(OC/C=C\c1ccccc1)c1ccc(C(=O)OC/C=C/c2ccccc2)cc1. The Bertz CT molecular complexity index is 919. The van der Waals surface area contributed by atoms with Crippen molar-refractivity contribution in [3.63, 3.8) is 0 Å². The topological polar surface area (TPSA) is 52.6 Å². The van der Waals surface area contributed by atoms with Gasteiger partial charge in [0.05, 0.1) is 11.1 Å². The summed E-state index contributed by atoms with van der Waals surface area (Å²) in [6.07, 6.45) is 7.33. The molecule has 0 aliphatic carbocycles. The van der Waals surface area contributed by atoms with Crippen molar-refractivity contribution in [1.82, 2.24) is 0 Å². The van der Waals surface area contributed by atoms with Gasteiger partial charge in [-0.15, -0.1) is 0 Å². The standard InChI is InChI=1S/C26H22O4/c27-25(29-19-7-13-21-9-3-1-4-10-21)23-15-17-24(18-16-23)26(28)30-20-8-14-22-11-5-2-6-12-22/h1-18H,19-20H2/b13-7-,14-8+. The Hall–Kier alpha value is -3.92. The minimum absolute atomic E-state index is 0.172. The molecule has 0 saturated heterocycles. The summed E-state index contributed by atoms with van der Waals surface area (Å²) in [5.41, 5.74) is 2.83. The van der Waals surface area contributed by atoms with Gasteiger partial charge in [-0.2, -0.15) is 0 Å². The fourth-order valence-electron chi connectivity index (χ4n) is 2.65. The second-order valence-electron chi connectivity index (χ2n) is 6.40. The lowest BCUT2D eigenvalue weighted by atomic mass is 10.1. The fourth-order valence-corrected chi connectivity index (χ4v) is 2.65. The Kier molecular flexibility index (Phi) is 7.75. The lowest BCUT2D eigenvalue weighted by Gasteiger charge is -2.04. The molecular formula is C26H22O4. The van der Waals surface area contributed by atoms with Gasteiger partial charge in [-0.3, -0.25) is 0 Å². The highest BCUT2D eigenvalue weighted by Crippen LogP contribution is 2.09. The van der Waals surface area contributed by atoms with Crippen LogP contribution in [0.1, 0.15) is 31.8 Å². The highest BCUT2D eigenvalue weighted by molar-refractivity contribution is 5.93. The summed E-state index contributed by atoms with van der Waals surface area (Å²) in [6, 6.07) is 25.7. The molecule has 0 amide bonds. The minimum Gasteiger partial charge on any atom is -0.458 e. The van der Waals surface area contributed by atoms with Gasteiger partial charge in [0.25, 0.3) is 0 Å². The molecule has 0 radical (unpaired) electrons. The van der Waals surface area contributed by atoms with Gasteiger partial charge in [-0.25, -0.2) is 9.59 Å². The van der Waals surface area contributed by atoms with E-state index >= 15 is 0 Å². The van der Waals surface area contributed by atoms with E-state index in [9.17, 15) is 9.59 Å². The lowest BCUT2D eigenvalue weighted by Crippen LogP contribution is -2.08. The summed E-state index contributed by atoms with van der Waals surface area (Å²) in [4.78, 5) is 24.2. The van der Waals surface area contributed by atoms with Crippen LogP contribution in [-0.4, -0.2) is 25.2 Å². The van der Waals surface area contributed by atoms with Crippen LogP contribution in [0.3, 0.4) is 0 Å². The molecule has 0 aliphatic rings. The molecule has 0 bridgehead atoms. The Balaban J connectivity index is 1.44. The summed E-state index contributed by atoms with van der Waals surface area (Å²) in [5, 5.41) is 0. The number of ether oxygens (including phenoxy) is 2. The van der Waals surface area contributed by atoms with Gasteiger partial charge in [0.1, 0.15) is 13.2 Å². The predicted molar refractivity (Wildman–Crippen MR) is 118 cm³/mol. The summed E-state index contributed by atoms with van der Waals surface area (Å²) in [5.74, 6) is -0.892. The number of carbonyl (C=O) groups excluding carboxylic acids is 2. The molecule has 4 heteroatoms. The summed E-state index contributed by atoms with van der Waals surface area (Å²) in [7, 11) is 0. The number of benzene rings is 3. The van der Waals surface area contributed by atoms with Crippen molar-refractivity contribution >= 4 is 24.1 Å². The average Bonchev–Trinajstić information content (AvgIpc) is 2.81. The molecule has 30 heavy (non-hydrogen) atoms. The first-order valence-corrected chi connectivity index (χ1v) is 9.60. The molecular weight excluding hydrogens is 376 g/mol. The molecule has 4 nitrogen and oxygen atoms in total. The van der Waals surface area contributed by atoms with Crippen LogP contribution < -0.4 is 0 Å². The number of hydrogen-bond acceptors (Lipinski definition) is 4. The molecule has 0 N–H and O–H groups in total. The number of hydrogen-bond donors (Lipinski definition) is 0. The van der Waals surface area contributed by atoms with Gasteiger partial charge in [-0.1, -0.05) is 72.8 Å². The molecule has 0 aliphatic heterocycles. The molecule has 3 aromatic rings. The van der Waals surface area contributed by atoms with Crippen molar-refractivity contribution in [2.24, 2.45) is 0 Å². The third kappa shape index (κ3) is 6.60. The van der Waals surface area contributed by atoms with E-state index in [1.807, 2.05) is 72.8 Å². The minimum atomic E-state index is -0.446. The smallest absolute Gasteiger partial charge is 0.338 e. The van der Waals surface area contributed by atoms with Crippen LogP contribution >= 0.6 is 0 Å². The molecule has 0 spiro atoms. The monoisotopic (exact) mass is 398 g/mol. The highest BCUT2D eigenvalue weighted by Gasteiger charge is 2.10. The van der Waals surface area contributed by atoms with Crippen LogP contribution in [0.4, 0.5) is 0 Å².